The molecule has 3 aromatic rings. The Kier molecular flexibility index (Phi) is 4.35. The second kappa shape index (κ2) is 6.94. The molecule has 2 N–H and O–H groups in total. The molecule has 0 bridgehead atoms. The largest absolute Gasteiger partial charge is 0.470 e. The SMILES string of the molecule is Clc1ccc(COc2nc3ccccc3nc2NC2=NCCN2)cc1. The summed E-state index contributed by atoms with van der Waals surface area (Å²) >= 11 is 5.92. The van der Waals surface area contributed by atoms with Crippen LogP contribution < -0.4 is 15.4 Å². The molecule has 1 aromatic heterocycles. The lowest BCUT2D eigenvalue weighted by Crippen LogP contribution is -2.27. The first-order chi connectivity index (χ1) is 12.3. The first-order valence-electron chi connectivity index (χ1n) is 7.97. The van der Waals surface area contributed by atoms with Gasteiger partial charge in [0.25, 0.3) is 5.88 Å². The highest BCUT2D eigenvalue weighted by Gasteiger charge is 2.14. The van der Waals surface area contributed by atoms with E-state index >= 15 is 0 Å². The van der Waals surface area contributed by atoms with Crippen LogP contribution in [0.4, 0.5) is 5.82 Å². The summed E-state index contributed by atoms with van der Waals surface area (Å²) in [6.45, 7) is 1.92. The van der Waals surface area contributed by atoms with E-state index in [4.69, 9.17) is 16.3 Å². The molecule has 4 rings (SSSR count). The second-order valence-electron chi connectivity index (χ2n) is 5.56. The van der Waals surface area contributed by atoms with Crippen LogP contribution in [0.3, 0.4) is 0 Å². The molecule has 6 nitrogen and oxygen atoms in total. The van der Waals surface area contributed by atoms with E-state index in [1.54, 1.807) is 0 Å². The van der Waals surface area contributed by atoms with Gasteiger partial charge in [-0.15, -0.1) is 0 Å². The van der Waals surface area contributed by atoms with Gasteiger partial charge < -0.3 is 15.4 Å². The molecule has 2 heterocycles. The monoisotopic (exact) mass is 353 g/mol. The van der Waals surface area contributed by atoms with Gasteiger partial charge in [-0.05, 0) is 29.8 Å². The lowest BCUT2D eigenvalue weighted by atomic mass is 10.2. The molecule has 7 heteroatoms. The van der Waals surface area contributed by atoms with Crippen molar-refractivity contribution in [2.24, 2.45) is 4.99 Å². The lowest BCUT2D eigenvalue weighted by Gasteiger charge is -2.13. The number of guanidine groups is 1. The van der Waals surface area contributed by atoms with Crippen LogP contribution in [-0.2, 0) is 6.61 Å². The smallest absolute Gasteiger partial charge is 0.258 e. The molecule has 0 saturated heterocycles. The Hall–Kier alpha value is -2.86. The van der Waals surface area contributed by atoms with Gasteiger partial charge in [-0.2, -0.15) is 0 Å². The molecule has 0 unspecified atom stereocenters. The van der Waals surface area contributed by atoms with Gasteiger partial charge in [0.1, 0.15) is 6.61 Å². The first kappa shape index (κ1) is 15.7. The molecule has 1 aliphatic rings. The summed E-state index contributed by atoms with van der Waals surface area (Å²) < 4.78 is 5.92. The van der Waals surface area contributed by atoms with Crippen molar-refractivity contribution in [3.8, 4) is 5.88 Å². The van der Waals surface area contributed by atoms with Crippen molar-refractivity contribution in [3.63, 3.8) is 0 Å². The number of anilines is 1. The van der Waals surface area contributed by atoms with Crippen LogP contribution in [-0.4, -0.2) is 29.0 Å². The molecule has 0 fully saturated rings. The van der Waals surface area contributed by atoms with Gasteiger partial charge in [-0.25, -0.2) is 9.97 Å². The molecule has 126 valence electrons. The van der Waals surface area contributed by atoms with Crippen LogP contribution in [0.25, 0.3) is 11.0 Å². The normalized spacial score (nSPS) is 13.4. The maximum Gasteiger partial charge on any atom is 0.258 e. The third-order valence-electron chi connectivity index (χ3n) is 3.74. The molecule has 2 aromatic carbocycles. The number of nitrogens with zero attached hydrogens (tertiary/aromatic N) is 3. The van der Waals surface area contributed by atoms with Gasteiger partial charge in [0.2, 0.25) is 0 Å². The van der Waals surface area contributed by atoms with Gasteiger partial charge in [-0.3, -0.25) is 4.99 Å². The maximum atomic E-state index is 5.92. The topological polar surface area (TPSA) is 71.4 Å². The molecule has 25 heavy (non-hydrogen) atoms. The minimum Gasteiger partial charge on any atom is -0.470 e. The fourth-order valence-corrected chi connectivity index (χ4v) is 2.62. The molecule has 0 radical (unpaired) electrons. The van der Waals surface area contributed by atoms with Crippen LogP contribution in [0.1, 0.15) is 5.56 Å². The number of halogens is 1. The standard InChI is InChI=1S/C18H16ClN5O/c19-13-7-5-12(6-8-13)11-25-17-16(24-18-20-9-10-21-18)22-14-3-1-2-4-15(14)23-17/h1-8H,9-11H2,(H2,20,21,22,24). The van der Waals surface area contributed by atoms with E-state index < -0.39 is 0 Å². The van der Waals surface area contributed by atoms with Crippen molar-refractivity contribution in [1.82, 2.24) is 15.3 Å². The molecular weight excluding hydrogens is 338 g/mol. The number of hydrogen-bond donors (Lipinski definition) is 2. The second-order valence-corrected chi connectivity index (χ2v) is 6.00. The van der Waals surface area contributed by atoms with Gasteiger partial charge in [0.05, 0.1) is 17.6 Å². The predicted octanol–water partition coefficient (Wildman–Crippen LogP) is 3.23. The maximum absolute atomic E-state index is 5.92. The number of benzene rings is 2. The molecule has 0 atom stereocenters. The highest BCUT2D eigenvalue weighted by molar-refractivity contribution is 6.30. The third-order valence-corrected chi connectivity index (χ3v) is 3.99. The minimum atomic E-state index is 0.374. The fraction of sp³-hybridized carbons (Fsp3) is 0.167. The minimum absolute atomic E-state index is 0.374. The number of para-hydroxylation sites is 2. The number of nitrogens with one attached hydrogen (secondary N) is 2. The number of hydrogen-bond acceptors (Lipinski definition) is 6. The van der Waals surface area contributed by atoms with E-state index in [-0.39, 0.29) is 0 Å². The Labute approximate surface area is 149 Å². The van der Waals surface area contributed by atoms with Gasteiger partial charge in [0.15, 0.2) is 11.8 Å². The van der Waals surface area contributed by atoms with Crippen LogP contribution in [0, 0.1) is 0 Å². The zero-order valence-electron chi connectivity index (χ0n) is 13.4. The molecule has 0 aliphatic carbocycles. The lowest BCUT2D eigenvalue weighted by molar-refractivity contribution is 0.296. The number of rotatable bonds is 4. The Bertz CT molecular complexity index is 926. The third kappa shape index (κ3) is 3.64. The Morgan fingerprint density at radius 3 is 2.52 bits per heavy atom. The van der Waals surface area contributed by atoms with Crippen molar-refractivity contribution in [2.75, 3.05) is 18.4 Å². The van der Waals surface area contributed by atoms with Gasteiger partial charge in [0, 0.05) is 11.6 Å². The summed E-state index contributed by atoms with van der Waals surface area (Å²) in [5.41, 5.74) is 2.57. The van der Waals surface area contributed by atoms with Crippen molar-refractivity contribution in [2.45, 2.75) is 6.61 Å². The predicted molar refractivity (Wildman–Crippen MR) is 99.2 cm³/mol. The average molecular weight is 354 g/mol. The van der Waals surface area contributed by atoms with Crippen molar-refractivity contribution < 1.29 is 4.74 Å². The quantitative estimate of drug-likeness (QED) is 0.753. The first-order valence-corrected chi connectivity index (χ1v) is 8.35. The molecule has 1 aliphatic heterocycles. The van der Waals surface area contributed by atoms with E-state index in [9.17, 15) is 0 Å². The summed E-state index contributed by atoms with van der Waals surface area (Å²) in [7, 11) is 0. The summed E-state index contributed by atoms with van der Waals surface area (Å²) in [6, 6.07) is 15.2. The average Bonchev–Trinajstić information content (AvgIpc) is 3.14. The van der Waals surface area contributed by atoms with E-state index in [0.717, 1.165) is 29.7 Å². The zero-order valence-corrected chi connectivity index (χ0v) is 14.1. The van der Waals surface area contributed by atoms with Crippen LogP contribution >= 0.6 is 11.6 Å². The van der Waals surface area contributed by atoms with Gasteiger partial charge >= 0.3 is 0 Å². The summed E-state index contributed by atoms with van der Waals surface area (Å²) in [5.74, 6) is 1.66. The van der Waals surface area contributed by atoms with Crippen molar-refractivity contribution in [3.05, 3.63) is 59.1 Å². The van der Waals surface area contributed by atoms with Crippen molar-refractivity contribution in [1.29, 1.82) is 0 Å². The number of ether oxygens (including phenoxy) is 1. The van der Waals surface area contributed by atoms with Crippen LogP contribution in [0.15, 0.2) is 53.5 Å². The van der Waals surface area contributed by atoms with Crippen molar-refractivity contribution >= 4 is 34.4 Å². The zero-order chi connectivity index (χ0) is 17.1. The molecule has 0 saturated carbocycles. The van der Waals surface area contributed by atoms with E-state index in [1.807, 2.05) is 48.5 Å². The fourth-order valence-electron chi connectivity index (χ4n) is 2.49. The van der Waals surface area contributed by atoms with E-state index in [0.29, 0.717) is 29.3 Å². The van der Waals surface area contributed by atoms with Gasteiger partial charge in [-0.1, -0.05) is 35.9 Å². The molecule has 0 amide bonds. The molecular formula is C18H16ClN5O. The Balaban J connectivity index is 1.63. The number of aromatic nitrogens is 2. The summed E-state index contributed by atoms with van der Waals surface area (Å²) in [4.78, 5) is 13.6. The number of fused-ring (bicyclic) bond motifs is 1. The Morgan fingerprint density at radius 1 is 1.04 bits per heavy atom. The van der Waals surface area contributed by atoms with Crippen LogP contribution in [0.5, 0.6) is 5.88 Å². The summed E-state index contributed by atoms with van der Waals surface area (Å²) in [6.07, 6.45) is 0. The van der Waals surface area contributed by atoms with E-state index in [2.05, 4.69) is 25.6 Å². The molecule has 0 spiro atoms. The van der Waals surface area contributed by atoms with E-state index in [1.165, 1.54) is 0 Å². The number of aliphatic imine (C=N–C) groups is 1. The highest BCUT2D eigenvalue weighted by Crippen LogP contribution is 2.24. The highest BCUT2D eigenvalue weighted by atomic mass is 35.5. The Morgan fingerprint density at radius 2 is 1.80 bits per heavy atom. The summed E-state index contributed by atoms with van der Waals surface area (Å²) in [5, 5.41) is 7.02. The van der Waals surface area contributed by atoms with Crippen LogP contribution in [0.2, 0.25) is 5.02 Å².